The SMILES string of the molecule is CC1COC(=O)N1c1cn2c(n1)-c1ccc(NCC3CCC3)cc1OCC2. The Bertz CT molecular complexity index is 874. The van der Waals surface area contributed by atoms with Crippen molar-refractivity contribution in [2.24, 2.45) is 5.92 Å². The largest absolute Gasteiger partial charge is 0.491 e. The highest BCUT2D eigenvalue weighted by molar-refractivity contribution is 5.89. The maximum atomic E-state index is 12.0. The van der Waals surface area contributed by atoms with Crippen LogP contribution in [0.25, 0.3) is 11.4 Å². The Kier molecular flexibility index (Phi) is 3.95. The number of nitrogens with one attached hydrogen (secondary N) is 1. The number of anilines is 2. The van der Waals surface area contributed by atoms with Crippen LogP contribution >= 0.6 is 0 Å². The molecular formula is C20H24N4O3. The summed E-state index contributed by atoms with van der Waals surface area (Å²) >= 11 is 0. The van der Waals surface area contributed by atoms with E-state index in [0.29, 0.717) is 25.6 Å². The zero-order chi connectivity index (χ0) is 18.4. The van der Waals surface area contributed by atoms with Gasteiger partial charge in [-0.3, -0.25) is 4.90 Å². The number of hydrogen-bond acceptors (Lipinski definition) is 5. The molecule has 2 aliphatic heterocycles. The predicted octanol–water partition coefficient (Wildman–Crippen LogP) is 3.50. The Hall–Kier alpha value is -2.70. The third-order valence-electron chi connectivity index (χ3n) is 5.73. The van der Waals surface area contributed by atoms with E-state index < -0.39 is 0 Å². The summed E-state index contributed by atoms with van der Waals surface area (Å²) in [6, 6.07) is 6.19. The highest BCUT2D eigenvalue weighted by Gasteiger charge is 2.34. The topological polar surface area (TPSA) is 68.6 Å². The second kappa shape index (κ2) is 6.48. The number of aromatic nitrogens is 2. The molecule has 1 saturated carbocycles. The quantitative estimate of drug-likeness (QED) is 0.895. The second-order valence-corrected chi connectivity index (χ2v) is 7.65. The van der Waals surface area contributed by atoms with Crippen LogP contribution in [0, 0.1) is 5.92 Å². The van der Waals surface area contributed by atoms with E-state index in [1.807, 2.05) is 13.1 Å². The number of fused-ring (bicyclic) bond motifs is 3. The summed E-state index contributed by atoms with van der Waals surface area (Å²) < 4.78 is 13.2. The molecule has 1 unspecified atom stereocenters. The molecule has 1 aliphatic carbocycles. The number of ether oxygens (including phenoxy) is 2. The molecule has 5 rings (SSSR count). The second-order valence-electron chi connectivity index (χ2n) is 7.65. The maximum Gasteiger partial charge on any atom is 0.415 e. The van der Waals surface area contributed by atoms with Crippen LogP contribution in [-0.2, 0) is 11.3 Å². The Morgan fingerprint density at radius 1 is 1.30 bits per heavy atom. The maximum absolute atomic E-state index is 12.0. The van der Waals surface area contributed by atoms with E-state index in [0.717, 1.165) is 35.3 Å². The minimum absolute atomic E-state index is 0.00885. The number of benzene rings is 1. The summed E-state index contributed by atoms with van der Waals surface area (Å²) in [7, 11) is 0. The van der Waals surface area contributed by atoms with Gasteiger partial charge in [-0.2, -0.15) is 0 Å². The first kappa shape index (κ1) is 16.5. The van der Waals surface area contributed by atoms with Gasteiger partial charge in [-0.1, -0.05) is 6.42 Å². The van der Waals surface area contributed by atoms with Crippen LogP contribution in [0.3, 0.4) is 0 Å². The number of carbonyl (C=O) groups excluding carboxylic acids is 1. The van der Waals surface area contributed by atoms with Gasteiger partial charge in [-0.25, -0.2) is 9.78 Å². The average Bonchev–Trinajstić information content (AvgIpc) is 3.12. The molecule has 0 bridgehead atoms. The summed E-state index contributed by atoms with van der Waals surface area (Å²) in [4.78, 5) is 18.4. The molecule has 1 N–H and O–H groups in total. The van der Waals surface area contributed by atoms with Crippen LogP contribution in [0.1, 0.15) is 26.2 Å². The first-order valence-electron chi connectivity index (χ1n) is 9.73. The smallest absolute Gasteiger partial charge is 0.415 e. The standard InChI is InChI=1S/C20H24N4O3/c1-13-12-27-20(25)24(13)18-11-23-7-8-26-17-9-15(21-10-14-3-2-4-14)5-6-16(17)19(23)22-18/h5-6,9,11,13-14,21H,2-4,7-8,10,12H2,1H3. The van der Waals surface area contributed by atoms with Gasteiger partial charge in [-0.15, -0.1) is 0 Å². The van der Waals surface area contributed by atoms with Crippen molar-refractivity contribution in [3.8, 4) is 17.1 Å². The Morgan fingerprint density at radius 2 is 2.19 bits per heavy atom. The van der Waals surface area contributed by atoms with E-state index in [1.165, 1.54) is 19.3 Å². The summed E-state index contributed by atoms with van der Waals surface area (Å²) in [5, 5.41) is 3.53. The van der Waals surface area contributed by atoms with Gasteiger partial charge in [0, 0.05) is 24.5 Å². The van der Waals surface area contributed by atoms with Crippen molar-refractivity contribution in [1.29, 1.82) is 0 Å². The lowest BCUT2D eigenvalue weighted by atomic mass is 9.85. The van der Waals surface area contributed by atoms with Crippen LogP contribution in [-0.4, -0.2) is 41.4 Å². The minimum atomic E-state index is -0.331. The van der Waals surface area contributed by atoms with E-state index in [9.17, 15) is 4.79 Å². The molecule has 7 heteroatoms. The average molecular weight is 368 g/mol. The van der Waals surface area contributed by atoms with Gasteiger partial charge in [0.15, 0.2) is 5.82 Å². The van der Waals surface area contributed by atoms with E-state index in [2.05, 4.69) is 28.1 Å². The minimum Gasteiger partial charge on any atom is -0.491 e. The fourth-order valence-electron chi connectivity index (χ4n) is 3.89. The number of rotatable bonds is 4. The van der Waals surface area contributed by atoms with Gasteiger partial charge in [0.2, 0.25) is 0 Å². The van der Waals surface area contributed by atoms with Gasteiger partial charge in [0.25, 0.3) is 0 Å². The molecule has 3 heterocycles. The molecule has 1 atom stereocenters. The van der Waals surface area contributed by atoms with Gasteiger partial charge < -0.3 is 19.4 Å². The molecule has 2 aromatic rings. The number of nitrogens with zero attached hydrogens (tertiary/aromatic N) is 3. The van der Waals surface area contributed by atoms with E-state index in [4.69, 9.17) is 14.5 Å². The van der Waals surface area contributed by atoms with Crippen molar-refractivity contribution < 1.29 is 14.3 Å². The van der Waals surface area contributed by atoms with Crippen LogP contribution in [0.2, 0.25) is 0 Å². The van der Waals surface area contributed by atoms with Gasteiger partial charge in [0.05, 0.1) is 18.2 Å². The molecule has 27 heavy (non-hydrogen) atoms. The van der Waals surface area contributed by atoms with Crippen LogP contribution in [0.4, 0.5) is 16.3 Å². The molecular weight excluding hydrogens is 344 g/mol. The summed E-state index contributed by atoms with van der Waals surface area (Å²) in [6.07, 6.45) is 5.59. The van der Waals surface area contributed by atoms with E-state index >= 15 is 0 Å². The molecule has 1 amide bonds. The molecule has 1 aromatic carbocycles. The van der Waals surface area contributed by atoms with Crippen molar-refractivity contribution in [2.75, 3.05) is 30.0 Å². The first-order valence-corrected chi connectivity index (χ1v) is 9.73. The van der Waals surface area contributed by atoms with Crippen molar-refractivity contribution in [1.82, 2.24) is 9.55 Å². The zero-order valence-electron chi connectivity index (χ0n) is 15.5. The molecule has 2 fully saturated rings. The van der Waals surface area contributed by atoms with Gasteiger partial charge in [-0.05, 0) is 37.8 Å². The molecule has 7 nitrogen and oxygen atoms in total. The Labute approximate surface area is 158 Å². The third kappa shape index (κ3) is 2.91. The number of hydrogen-bond donors (Lipinski definition) is 1. The van der Waals surface area contributed by atoms with Gasteiger partial charge >= 0.3 is 6.09 Å². The number of imidazole rings is 1. The lowest BCUT2D eigenvalue weighted by molar-refractivity contribution is 0.179. The monoisotopic (exact) mass is 368 g/mol. The highest BCUT2D eigenvalue weighted by atomic mass is 16.6. The fraction of sp³-hybridized carbons (Fsp3) is 0.500. The van der Waals surface area contributed by atoms with Crippen molar-refractivity contribution in [2.45, 2.75) is 38.8 Å². The molecule has 1 saturated heterocycles. The van der Waals surface area contributed by atoms with Crippen LogP contribution in [0.5, 0.6) is 5.75 Å². The number of cyclic esters (lactones) is 1. The zero-order valence-corrected chi connectivity index (χ0v) is 15.5. The van der Waals surface area contributed by atoms with Crippen LogP contribution in [0.15, 0.2) is 24.4 Å². The molecule has 142 valence electrons. The molecule has 3 aliphatic rings. The predicted molar refractivity (Wildman–Crippen MR) is 102 cm³/mol. The number of amides is 1. The summed E-state index contributed by atoms with van der Waals surface area (Å²) in [6.45, 7) is 4.65. The lowest BCUT2D eigenvalue weighted by Crippen LogP contribution is -2.31. The Morgan fingerprint density at radius 3 is 2.93 bits per heavy atom. The summed E-state index contributed by atoms with van der Waals surface area (Å²) in [5.74, 6) is 3.10. The van der Waals surface area contributed by atoms with Crippen LogP contribution < -0.4 is 15.0 Å². The lowest BCUT2D eigenvalue weighted by Gasteiger charge is -2.26. The molecule has 0 radical (unpaired) electrons. The molecule has 0 spiro atoms. The Balaban J connectivity index is 1.44. The first-order chi connectivity index (χ1) is 13.2. The fourth-order valence-corrected chi connectivity index (χ4v) is 3.89. The van der Waals surface area contributed by atoms with Crippen molar-refractivity contribution in [3.05, 3.63) is 24.4 Å². The van der Waals surface area contributed by atoms with E-state index in [-0.39, 0.29) is 12.1 Å². The summed E-state index contributed by atoms with van der Waals surface area (Å²) in [5.41, 5.74) is 2.03. The van der Waals surface area contributed by atoms with E-state index in [1.54, 1.807) is 4.90 Å². The number of carbonyl (C=O) groups is 1. The highest BCUT2D eigenvalue weighted by Crippen LogP contribution is 2.36. The van der Waals surface area contributed by atoms with Gasteiger partial charge in [0.1, 0.15) is 24.8 Å². The normalized spacial score (nSPS) is 21.6. The third-order valence-corrected chi connectivity index (χ3v) is 5.73. The van der Waals surface area contributed by atoms with Crippen molar-refractivity contribution in [3.63, 3.8) is 0 Å². The van der Waals surface area contributed by atoms with Crippen molar-refractivity contribution >= 4 is 17.6 Å². The molecule has 1 aromatic heterocycles.